The van der Waals surface area contributed by atoms with Gasteiger partial charge in [-0.05, 0) is 146 Å². The van der Waals surface area contributed by atoms with Crippen LogP contribution in [0.1, 0.15) is 144 Å². The van der Waals surface area contributed by atoms with Crippen LogP contribution in [0.4, 0.5) is 62.3 Å². The Morgan fingerprint density at radius 3 is 1.28 bits per heavy atom. The van der Waals surface area contributed by atoms with Gasteiger partial charge in [-0.3, -0.25) is 0 Å². The van der Waals surface area contributed by atoms with E-state index in [0.29, 0.717) is 42.7 Å². The minimum Gasteiger partial charge on any atom is -1.00 e. The molecule has 2 saturated heterocycles. The average molecular weight is 1270 g/mol. The van der Waals surface area contributed by atoms with Gasteiger partial charge in [-0.2, -0.15) is 52.7 Å². The summed E-state index contributed by atoms with van der Waals surface area (Å²) >= 11 is 0. The van der Waals surface area contributed by atoms with E-state index in [9.17, 15) is 67.1 Å². The normalized spacial score (nSPS) is 23.4. The van der Waals surface area contributed by atoms with Gasteiger partial charge in [-0.15, -0.1) is 0 Å². The number of esters is 1. The number of carbonyl (C=O) groups excluding carboxylic acids is 3. The van der Waals surface area contributed by atoms with E-state index >= 15 is 0 Å². The first-order valence-electron chi connectivity index (χ1n) is 25.5. The number of ether oxygens (including phenoxy) is 6. The van der Waals surface area contributed by atoms with Crippen LogP contribution in [-0.4, -0.2) is 97.0 Å². The van der Waals surface area contributed by atoms with Crippen molar-refractivity contribution in [2.75, 3.05) is 33.5 Å². The molecule has 8 rings (SSSR count). The van der Waals surface area contributed by atoms with Gasteiger partial charge >= 0.3 is 65.9 Å². The number of cyclic esters (lactones) is 1. The van der Waals surface area contributed by atoms with Crippen molar-refractivity contribution in [3.63, 3.8) is 0 Å². The number of nitrogens with one attached hydrogen (secondary N) is 2. The van der Waals surface area contributed by atoms with Crippen LogP contribution in [-0.2, 0) is 68.8 Å². The maximum absolute atomic E-state index is 13.4. The Labute approximate surface area is 501 Å². The summed E-state index contributed by atoms with van der Waals surface area (Å²) in [5.41, 5.74) is -9.91. The first-order chi connectivity index (χ1) is 36.9. The van der Waals surface area contributed by atoms with Gasteiger partial charge in [-0.1, -0.05) is 60.7 Å². The van der Waals surface area contributed by atoms with Crippen LogP contribution in [0.2, 0.25) is 0 Å². The van der Waals surface area contributed by atoms with Crippen LogP contribution in [0.25, 0.3) is 0 Å². The number of hydrogen-bond donors (Lipinski definition) is 2. The molecule has 2 amide bonds. The zero-order valence-electron chi connectivity index (χ0n) is 47.3. The number of alkyl carbamates (subject to hydrolysis) is 2. The number of alkyl halides is 12. The van der Waals surface area contributed by atoms with Crippen LogP contribution in [0, 0.1) is 7.43 Å². The van der Waals surface area contributed by atoms with Crippen molar-refractivity contribution in [3.05, 3.63) is 149 Å². The van der Waals surface area contributed by atoms with Crippen molar-refractivity contribution in [2.45, 2.75) is 157 Å². The van der Waals surface area contributed by atoms with E-state index in [2.05, 4.69) is 10.6 Å². The maximum atomic E-state index is 13.4. The minimum absolute atomic E-state index is 0. The molecule has 456 valence electrons. The second kappa shape index (κ2) is 27.3. The third-order valence-corrected chi connectivity index (χ3v) is 14.7. The zero-order valence-corrected chi connectivity index (χ0v) is 50.3. The van der Waals surface area contributed by atoms with Crippen molar-refractivity contribution in [1.29, 1.82) is 0 Å². The first kappa shape index (κ1) is 72.4. The van der Waals surface area contributed by atoms with Gasteiger partial charge in [0.05, 0.1) is 60.3 Å². The van der Waals surface area contributed by atoms with Crippen molar-refractivity contribution in [1.82, 2.24) is 10.6 Å². The fourth-order valence-electron chi connectivity index (χ4n) is 10.5. The Morgan fingerprint density at radius 1 is 0.627 bits per heavy atom. The Bertz CT molecular complexity index is 2720. The van der Waals surface area contributed by atoms with E-state index in [-0.39, 0.29) is 96.8 Å². The number of carbonyl (C=O) groups is 3. The molecule has 4 aromatic rings. The largest absolute Gasteiger partial charge is 2.00 e. The van der Waals surface area contributed by atoms with E-state index in [4.69, 9.17) is 28.4 Å². The third kappa shape index (κ3) is 17.7. The Morgan fingerprint density at radius 2 is 0.988 bits per heavy atom. The summed E-state index contributed by atoms with van der Waals surface area (Å²) in [5, 5.41) is 5.47. The zero-order chi connectivity index (χ0) is 59.5. The second-order valence-electron chi connectivity index (χ2n) is 22.2. The summed E-state index contributed by atoms with van der Waals surface area (Å²) < 4.78 is 192. The summed E-state index contributed by atoms with van der Waals surface area (Å²) in [6, 6.07) is 20.8. The monoisotopic (exact) mass is 1270 g/mol. The topological polar surface area (TPSA) is 131 Å². The number of hydrogen-bond acceptors (Lipinski definition) is 9. The van der Waals surface area contributed by atoms with Crippen LogP contribution in [0.5, 0.6) is 0 Å². The molecule has 2 aliphatic carbocycles. The molecule has 0 aromatic heterocycles. The molecule has 0 bridgehead atoms. The van der Waals surface area contributed by atoms with E-state index in [1.807, 2.05) is 30.3 Å². The molecule has 0 unspecified atom stereocenters. The molecule has 1 spiro atoms. The van der Waals surface area contributed by atoms with Gasteiger partial charge in [0.15, 0.2) is 0 Å². The van der Waals surface area contributed by atoms with Crippen LogP contribution in [0.15, 0.2) is 97.1 Å². The summed E-state index contributed by atoms with van der Waals surface area (Å²) in [5.74, 6) is -0.731. The molecular weight excluding hydrogens is 1200 g/mol. The van der Waals surface area contributed by atoms with E-state index in [0.717, 1.165) is 25.9 Å². The number of halogens is 13. The Hall–Kier alpha value is -4.82. The SMILES string of the molecule is C1CCOC1.COC(=O)C1(NC(=O)OC(C)(C)C)CC(CO[C@H](C)c2cc(C(F)(F)F)cc(C(F)(F)F)c2)(c2ccccc2)C1.C[C@@H](OCC1(c2ccccc2)CC2(C1)NC(=O)OC2(C)C)c1cc(C(F)(F)F)cc(C(F)(F)F)c1.[Br-].[CH3-].[Mg+2]. The maximum Gasteiger partial charge on any atom is 2.00 e. The minimum atomic E-state index is -5.00. The molecule has 2 heterocycles. The van der Waals surface area contributed by atoms with Crippen molar-refractivity contribution in [2.24, 2.45) is 0 Å². The molecule has 11 nitrogen and oxygen atoms in total. The van der Waals surface area contributed by atoms with Gasteiger partial charge in [0.25, 0.3) is 0 Å². The predicted octanol–water partition coefficient (Wildman–Crippen LogP) is 11.6. The molecule has 2 aliphatic heterocycles. The first-order valence-corrected chi connectivity index (χ1v) is 25.5. The predicted molar refractivity (Wildman–Crippen MR) is 279 cm³/mol. The van der Waals surface area contributed by atoms with Crippen LogP contribution < -0.4 is 27.6 Å². The molecule has 4 aliphatic rings. The van der Waals surface area contributed by atoms with E-state index in [1.54, 1.807) is 65.0 Å². The molecule has 0 radical (unpaired) electrons. The molecule has 2 saturated carbocycles. The quantitative estimate of drug-likeness (QED) is 0.0468. The van der Waals surface area contributed by atoms with Gasteiger partial charge in [0.2, 0.25) is 0 Å². The van der Waals surface area contributed by atoms with Crippen molar-refractivity contribution >= 4 is 41.2 Å². The summed E-state index contributed by atoms with van der Waals surface area (Å²) in [4.78, 5) is 37.3. The van der Waals surface area contributed by atoms with Gasteiger partial charge < -0.3 is 63.5 Å². The van der Waals surface area contributed by atoms with Crippen molar-refractivity contribution in [3.8, 4) is 0 Å². The number of rotatable bonds is 12. The fourth-order valence-corrected chi connectivity index (χ4v) is 10.5. The standard InChI is InChI=1S/C28H31F6NO5.C25H25F6NO3.C4H8O.CH3.BrH.Mg/c1-17(18-11-20(27(29,30)31)13-21(12-18)28(32,33)34)39-16-25(19-9-7-6-8-10-19)14-26(15-25,22(36)38-5)35-23(37)40-24(2,3)4;1-15(16-9-18(24(26,27)28)11-19(10-16)25(29,30)31)34-14-22(17-7-5-4-6-8-17)12-23(13-22)21(2,3)35-20(33)32-23;1-2-4-5-3-1;;;/h6-13,17H,14-16H2,1-5H3,(H,35,37);4-11,15H,12-14H2,1-3H3,(H,32,33);1-4H2;1H3;1H;/q;;;-1;;+2/p-1/t17-,25?,26?;15-,22?,23?;;;;/m11..../s1. The van der Waals surface area contributed by atoms with Crippen LogP contribution >= 0.6 is 0 Å². The molecule has 83 heavy (non-hydrogen) atoms. The molecule has 2 atom stereocenters. The number of benzene rings is 4. The van der Waals surface area contributed by atoms with Gasteiger partial charge in [-0.25, -0.2) is 14.4 Å². The van der Waals surface area contributed by atoms with E-state index in [1.165, 1.54) is 26.7 Å². The van der Waals surface area contributed by atoms with Gasteiger partial charge in [0.1, 0.15) is 16.7 Å². The molecular formula is C58H67BrF12MgN2O9. The summed E-state index contributed by atoms with van der Waals surface area (Å²) in [7, 11) is 1.16. The smallest absolute Gasteiger partial charge is 1.00 e. The summed E-state index contributed by atoms with van der Waals surface area (Å²) in [6.45, 7) is 13.2. The van der Waals surface area contributed by atoms with Crippen LogP contribution in [0.3, 0.4) is 0 Å². The fraction of sp³-hybridized carbons (Fsp3) is 0.517. The molecule has 25 heteroatoms. The van der Waals surface area contributed by atoms with Gasteiger partial charge in [0, 0.05) is 24.0 Å². The second-order valence-corrected chi connectivity index (χ2v) is 22.2. The van der Waals surface area contributed by atoms with Crippen molar-refractivity contribution < 1.29 is 112 Å². The molecule has 4 fully saturated rings. The van der Waals surface area contributed by atoms with E-state index < -0.39 is 110 Å². The number of methoxy groups -OCH3 is 1. The Balaban J connectivity index is 0.000000389. The molecule has 2 N–H and O–H groups in total. The third-order valence-electron chi connectivity index (χ3n) is 14.7. The average Bonchev–Trinajstić information content (AvgIpc) is 4.01. The summed E-state index contributed by atoms with van der Waals surface area (Å²) in [6.07, 6.45) is -20.1. The number of amides is 2. The Kier molecular flexibility index (Phi) is 23.8. The molecule has 4 aromatic carbocycles.